The quantitative estimate of drug-likeness (QED) is 0.860. The lowest BCUT2D eigenvalue weighted by Gasteiger charge is -2.09. The monoisotopic (exact) mass is 307 g/mol. The van der Waals surface area contributed by atoms with Gasteiger partial charge >= 0.3 is 0 Å². The van der Waals surface area contributed by atoms with E-state index in [1.165, 1.54) is 12.3 Å². The van der Waals surface area contributed by atoms with Crippen molar-refractivity contribution in [1.82, 2.24) is 10.3 Å². The Kier molecular flexibility index (Phi) is 5.27. The van der Waals surface area contributed by atoms with Crippen LogP contribution in [0.1, 0.15) is 34.1 Å². The van der Waals surface area contributed by atoms with Gasteiger partial charge in [-0.1, -0.05) is 6.92 Å². The summed E-state index contributed by atoms with van der Waals surface area (Å²) in [5, 5.41) is 7.58. The molecule has 0 radical (unpaired) electrons. The SMILES string of the molecule is CCCNc1nccc(C(=O)NCc2sccc2C)c1F. The molecular formula is C15H18FN3OS. The lowest BCUT2D eigenvalue weighted by molar-refractivity contribution is 0.0947. The average Bonchev–Trinajstić information content (AvgIpc) is 2.89. The van der Waals surface area contributed by atoms with Crippen LogP contribution < -0.4 is 10.6 Å². The first-order valence-corrected chi connectivity index (χ1v) is 7.71. The molecule has 0 fully saturated rings. The molecule has 21 heavy (non-hydrogen) atoms. The molecule has 0 aliphatic carbocycles. The van der Waals surface area contributed by atoms with Gasteiger partial charge in [0.15, 0.2) is 11.6 Å². The molecule has 2 heterocycles. The summed E-state index contributed by atoms with van der Waals surface area (Å²) in [5.74, 6) is -0.912. The van der Waals surface area contributed by atoms with Gasteiger partial charge in [0.25, 0.3) is 5.91 Å². The number of thiophene rings is 1. The Balaban J connectivity index is 2.07. The van der Waals surface area contributed by atoms with Crippen molar-refractivity contribution < 1.29 is 9.18 Å². The van der Waals surface area contributed by atoms with Crippen LogP contribution in [0.4, 0.5) is 10.2 Å². The van der Waals surface area contributed by atoms with Crippen molar-refractivity contribution in [3.63, 3.8) is 0 Å². The number of pyridine rings is 1. The minimum absolute atomic E-state index is 0.0119. The summed E-state index contributed by atoms with van der Waals surface area (Å²) >= 11 is 1.57. The van der Waals surface area contributed by atoms with Crippen molar-refractivity contribution in [2.24, 2.45) is 0 Å². The number of nitrogens with zero attached hydrogens (tertiary/aromatic N) is 1. The normalized spacial score (nSPS) is 10.4. The highest BCUT2D eigenvalue weighted by atomic mass is 32.1. The molecule has 2 N–H and O–H groups in total. The zero-order valence-electron chi connectivity index (χ0n) is 12.1. The van der Waals surface area contributed by atoms with Crippen LogP contribution in [0, 0.1) is 12.7 Å². The van der Waals surface area contributed by atoms with Crippen LogP contribution in [0.3, 0.4) is 0 Å². The Morgan fingerprint density at radius 2 is 2.24 bits per heavy atom. The van der Waals surface area contributed by atoms with Gasteiger partial charge in [-0.25, -0.2) is 9.37 Å². The first kappa shape index (κ1) is 15.4. The summed E-state index contributed by atoms with van der Waals surface area (Å²) in [7, 11) is 0. The predicted octanol–water partition coefficient (Wildman–Crippen LogP) is 3.34. The van der Waals surface area contributed by atoms with E-state index >= 15 is 0 Å². The maximum Gasteiger partial charge on any atom is 0.254 e. The zero-order valence-corrected chi connectivity index (χ0v) is 12.9. The molecule has 0 atom stereocenters. The molecule has 1 amide bonds. The highest BCUT2D eigenvalue weighted by molar-refractivity contribution is 7.10. The molecule has 0 saturated heterocycles. The van der Waals surface area contributed by atoms with Crippen LogP contribution in [0.2, 0.25) is 0 Å². The summed E-state index contributed by atoms with van der Waals surface area (Å²) in [6.45, 7) is 4.98. The van der Waals surface area contributed by atoms with E-state index in [1.54, 1.807) is 11.3 Å². The largest absolute Gasteiger partial charge is 0.368 e. The van der Waals surface area contributed by atoms with E-state index in [1.807, 2.05) is 25.3 Å². The molecule has 0 unspecified atom stereocenters. The third-order valence-electron chi connectivity index (χ3n) is 3.05. The number of aromatic nitrogens is 1. The molecule has 4 nitrogen and oxygen atoms in total. The van der Waals surface area contributed by atoms with Gasteiger partial charge in [0.2, 0.25) is 0 Å². The van der Waals surface area contributed by atoms with Gasteiger partial charge in [0.1, 0.15) is 0 Å². The minimum atomic E-state index is -0.605. The van der Waals surface area contributed by atoms with Crippen LogP contribution in [-0.4, -0.2) is 17.4 Å². The topological polar surface area (TPSA) is 54.0 Å². The standard InChI is InChI=1S/C15H18FN3OS/c1-3-6-17-14-13(16)11(4-7-18-14)15(20)19-9-12-10(2)5-8-21-12/h4-5,7-8H,3,6,9H2,1-2H3,(H,17,18)(H,19,20). The van der Waals surface area contributed by atoms with Gasteiger partial charge in [0.05, 0.1) is 12.1 Å². The van der Waals surface area contributed by atoms with Crippen LogP contribution in [-0.2, 0) is 6.54 Å². The summed E-state index contributed by atoms with van der Waals surface area (Å²) < 4.78 is 14.2. The molecule has 0 spiro atoms. The lowest BCUT2D eigenvalue weighted by atomic mass is 10.2. The fourth-order valence-electron chi connectivity index (χ4n) is 1.83. The molecule has 0 saturated carbocycles. The van der Waals surface area contributed by atoms with Gasteiger partial charge in [-0.2, -0.15) is 0 Å². The highest BCUT2D eigenvalue weighted by Gasteiger charge is 2.16. The molecule has 0 bridgehead atoms. The molecule has 0 aliphatic heterocycles. The van der Waals surface area contributed by atoms with Crippen molar-refractivity contribution in [3.8, 4) is 0 Å². The van der Waals surface area contributed by atoms with Crippen molar-refractivity contribution in [1.29, 1.82) is 0 Å². The number of halogens is 1. The Morgan fingerprint density at radius 3 is 2.90 bits per heavy atom. The van der Waals surface area contributed by atoms with Crippen molar-refractivity contribution >= 4 is 23.1 Å². The second-order valence-corrected chi connectivity index (χ2v) is 5.66. The fourth-order valence-corrected chi connectivity index (χ4v) is 2.67. The Bertz CT molecular complexity index is 627. The van der Waals surface area contributed by atoms with Crippen LogP contribution >= 0.6 is 11.3 Å². The number of carbonyl (C=O) groups excluding carboxylic acids is 1. The number of carbonyl (C=O) groups is 1. The number of anilines is 1. The number of rotatable bonds is 6. The lowest BCUT2D eigenvalue weighted by Crippen LogP contribution is -2.24. The van der Waals surface area contributed by atoms with E-state index in [2.05, 4.69) is 15.6 Å². The second kappa shape index (κ2) is 7.17. The first-order valence-electron chi connectivity index (χ1n) is 6.83. The van der Waals surface area contributed by atoms with E-state index in [0.717, 1.165) is 16.9 Å². The summed E-state index contributed by atoms with van der Waals surface area (Å²) in [4.78, 5) is 17.1. The van der Waals surface area contributed by atoms with E-state index in [9.17, 15) is 9.18 Å². The van der Waals surface area contributed by atoms with Gasteiger partial charge in [-0.05, 0) is 36.4 Å². The number of nitrogens with one attached hydrogen (secondary N) is 2. The van der Waals surface area contributed by atoms with Gasteiger partial charge < -0.3 is 10.6 Å². The molecule has 2 rings (SSSR count). The van der Waals surface area contributed by atoms with Crippen molar-refractivity contribution in [3.05, 3.63) is 45.5 Å². The molecule has 0 aliphatic rings. The number of hydrogen-bond acceptors (Lipinski definition) is 4. The third-order valence-corrected chi connectivity index (χ3v) is 4.08. The summed E-state index contributed by atoms with van der Waals surface area (Å²) in [6.07, 6.45) is 2.29. The molecule has 2 aromatic rings. The molecule has 112 valence electrons. The smallest absolute Gasteiger partial charge is 0.254 e. The van der Waals surface area contributed by atoms with Crippen LogP contribution in [0.15, 0.2) is 23.7 Å². The molecule has 6 heteroatoms. The Morgan fingerprint density at radius 1 is 1.43 bits per heavy atom. The average molecular weight is 307 g/mol. The first-order chi connectivity index (χ1) is 10.1. The Hall–Kier alpha value is -1.95. The summed E-state index contributed by atoms with van der Waals surface area (Å²) in [6, 6.07) is 3.38. The highest BCUT2D eigenvalue weighted by Crippen LogP contribution is 2.17. The summed E-state index contributed by atoms with van der Waals surface area (Å²) in [5.41, 5.74) is 1.14. The number of hydrogen-bond donors (Lipinski definition) is 2. The maximum atomic E-state index is 14.2. The maximum absolute atomic E-state index is 14.2. The van der Waals surface area contributed by atoms with Gasteiger partial charge in [-0.15, -0.1) is 11.3 Å². The van der Waals surface area contributed by atoms with Gasteiger partial charge in [0, 0.05) is 17.6 Å². The predicted molar refractivity (Wildman–Crippen MR) is 83.2 cm³/mol. The second-order valence-electron chi connectivity index (χ2n) is 4.66. The van der Waals surface area contributed by atoms with E-state index in [-0.39, 0.29) is 11.4 Å². The van der Waals surface area contributed by atoms with Crippen molar-refractivity contribution in [2.75, 3.05) is 11.9 Å². The van der Waals surface area contributed by atoms with Crippen LogP contribution in [0.25, 0.3) is 0 Å². The zero-order chi connectivity index (χ0) is 15.2. The molecule has 0 aromatic carbocycles. The Labute approximate surface area is 127 Å². The minimum Gasteiger partial charge on any atom is -0.368 e. The number of amides is 1. The fraction of sp³-hybridized carbons (Fsp3) is 0.333. The molecular weight excluding hydrogens is 289 g/mol. The van der Waals surface area contributed by atoms with Crippen LogP contribution in [0.5, 0.6) is 0 Å². The van der Waals surface area contributed by atoms with Gasteiger partial charge in [-0.3, -0.25) is 4.79 Å². The van der Waals surface area contributed by atoms with E-state index < -0.39 is 11.7 Å². The van der Waals surface area contributed by atoms with Crippen molar-refractivity contribution in [2.45, 2.75) is 26.8 Å². The molecule has 2 aromatic heterocycles. The van der Waals surface area contributed by atoms with E-state index in [0.29, 0.717) is 13.1 Å². The third kappa shape index (κ3) is 3.78. The van der Waals surface area contributed by atoms with E-state index in [4.69, 9.17) is 0 Å². The number of aryl methyl sites for hydroxylation is 1.